The van der Waals surface area contributed by atoms with Crippen molar-refractivity contribution in [3.05, 3.63) is 36.5 Å². The van der Waals surface area contributed by atoms with Gasteiger partial charge >= 0.3 is 19.8 Å². The Labute approximate surface area is 323 Å². The summed E-state index contributed by atoms with van der Waals surface area (Å²) < 4.78 is 33.3. The zero-order chi connectivity index (χ0) is 40.0. The van der Waals surface area contributed by atoms with Gasteiger partial charge in [-0.25, -0.2) is 4.57 Å². The monoisotopic (exact) mass is 790 g/mol. The average Bonchev–Trinajstić information content (AvgIpc) is 3.15. The van der Waals surface area contributed by atoms with Crippen molar-refractivity contribution in [2.24, 2.45) is 0 Å². The van der Waals surface area contributed by atoms with Crippen LogP contribution in [0.15, 0.2) is 36.5 Å². The maximum Gasteiger partial charge on any atom is 0.472 e. The van der Waals surface area contributed by atoms with Gasteiger partial charge in [0.1, 0.15) is 43.2 Å². The minimum Gasteiger partial charge on any atom is -0.462 e. The molecule has 54 heavy (non-hydrogen) atoms. The number of carbonyl (C=O) groups excluding carboxylic acids is 2. The molecule has 1 rings (SSSR count). The molecule has 6 N–H and O–H groups in total. The van der Waals surface area contributed by atoms with E-state index in [1.54, 1.807) is 0 Å². The van der Waals surface area contributed by atoms with Crippen LogP contribution in [0.3, 0.4) is 0 Å². The number of rotatable bonds is 32. The molecule has 1 fully saturated rings. The van der Waals surface area contributed by atoms with Gasteiger partial charge in [-0.2, -0.15) is 0 Å². The van der Waals surface area contributed by atoms with Crippen molar-refractivity contribution < 1.29 is 63.1 Å². The van der Waals surface area contributed by atoms with Crippen LogP contribution in [0.2, 0.25) is 0 Å². The minimum absolute atomic E-state index is 0.0860. The first kappa shape index (κ1) is 50.1. The molecule has 14 heteroatoms. The van der Waals surface area contributed by atoms with Gasteiger partial charge in [-0.1, -0.05) is 127 Å². The maximum absolute atomic E-state index is 12.7. The molecule has 0 aromatic heterocycles. The van der Waals surface area contributed by atoms with E-state index in [2.05, 4.69) is 50.3 Å². The lowest BCUT2D eigenvalue weighted by atomic mass is 9.85. The number of carbonyl (C=O) groups is 2. The molecule has 13 nitrogen and oxygen atoms in total. The number of hydrogen-bond acceptors (Lipinski definition) is 12. The first-order chi connectivity index (χ1) is 25.9. The first-order valence-corrected chi connectivity index (χ1v) is 21.8. The first-order valence-electron chi connectivity index (χ1n) is 20.3. The quantitative estimate of drug-likeness (QED) is 0.0183. The Morgan fingerprint density at radius 3 is 1.61 bits per heavy atom. The van der Waals surface area contributed by atoms with E-state index in [-0.39, 0.29) is 12.8 Å². The molecular formula is C40H71O13P. The normalized spacial score (nSPS) is 23.6. The van der Waals surface area contributed by atoms with E-state index in [9.17, 15) is 44.6 Å². The minimum atomic E-state index is -5.11. The molecule has 1 aliphatic rings. The van der Waals surface area contributed by atoms with Gasteiger partial charge in [0.2, 0.25) is 0 Å². The van der Waals surface area contributed by atoms with Crippen molar-refractivity contribution in [2.45, 2.75) is 191 Å². The van der Waals surface area contributed by atoms with E-state index in [1.165, 1.54) is 25.7 Å². The second kappa shape index (κ2) is 31.2. The number of phosphoric acid groups is 1. The summed E-state index contributed by atoms with van der Waals surface area (Å²) in [7, 11) is -5.11. The number of aliphatic hydroxyl groups excluding tert-OH is 5. The fourth-order valence-corrected chi connectivity index (χ4v) is 6.92. The Balaban J connectivity index is 2.49. The van der Waals surface area contributed by atoms with Crippen LogP contribution in [0.25, 0.3) is 0 Å². The molecule has 0 spiro atoms. The van der Waals surface area contributed by atoms with Gasteiger partial charge in [0.15, 0.2) is 6.10 Å². The standard InChI is InChI=1S/C40H71O13P/c1-3-5-7-9-11-13-14-15-16-17-18-19-20-21-23-25-27-29-34(42)52-32(30-50-33(41)28-26-24-22-12-10-8-6-4-2)31-51-54(48,49)53-40-38(46)36(44)35(43)37(45)39(40)47/h5,7,11,13,15-16,32,35-40,43-47H,3-4,6,8-10,12,14,17-31H2,1-2H3,(H,48,49)/b7-5-,13-11-,16-15-. The highest BCUT2D eigenvalue weighted by Crippen LogP contribution is 2.47. The fraction of sp³-hybridized carbons (Fsp3) is 0.800. The summed E-state index contributed by atoms with van der Waals surface area (Å²) in [5.74, 6) is -1.12. The number of esters is 2. The molecule has 6 atom stereocenters. The molecule has 1 saturated carbocycles. The zero-order valence-electron chi connectivity index (χ0n) is 32.8. The second-order valence-electron chi connectivity index (χ2n) is 14.1. The molecule has 0 aromatic carbocycles. The van der Waals surface area contributed by atoms with E-state index in [4.69, 9.17) is 18.5 Å². The molecule has 0 saturated heterocycles. The van der Waals surface area contributed by atoms with Crippen molar-refractivity contribution in [2.75, 3.05) is 13.2 Å². The van der Waals surface area contributed by atoms with Crippen molar-refractivity contribution in [1.29, 1.82) is 0 Å². The smallest absolute Gasteiger partial charge is 0.462 e. The summed E-state index contributed by atoms with van der Waals surface area (Å²) in [4.78, 5) is 35.4. The summed E-state index contributed by atoms with van der Waals surface area (Å²) in [6.45, 7) is 3.11. The molecular weight excluding hydrogens is 719 g/mol. The Bertz CT molecular complexity index is 1100. The number of allylic oxidation sites excluding steroid dienone is 6. The molecule has 6 unspecified atom stereocenters. The van der Waals surface area contributed by atoms with E-state index in [1.807, 2.05) is 0 Å². The highest BCUT2D eigenvalue weighted by Gasteiger charge is 2.51. The van der Waals surface area contributed by atoms with Crippen LogP contribution < -0.4 is 0 Å². The molecule has 0 radical (unpaired) electrons. The molecule has 314 valence electrons. The SMILES string of the molecule is CC/C=C\C/C=C\C/C=C\CCCCCCCCCC(=O)OC(COC(=O)CCCCCCCCCC)COP(=O)(O)OC1C(O)C(O)C(O)C(O)C1O. The predicted molar refractivity (Wildman–Crippen MR) is 207 cm³/mol. The number of ether oxygens (including phenoxy) is 2. The number of hydrogen-bond donors (Lipinski definition) is 6. The van der Waals surface area contributed by atoms with E-state index in [0.29, 0.717) is 12.8 Å². The van der Waals surface area contributed by atoms with E-state index < -0.39 is 75.7 Å². The summed E-state index contributed by atoms with van der Waals surface area (Å²) in [5, 5.41) is 49.9. The van der Waals surface area contributed by atoms with Crippen molar-refractivity contribution >= 4 is 19.8 Å². The van der Waals surface area contributed by atoms with Crippen molar-refractivity contribution in [1.82, 2.24) is 0 Å². The Morgan fingerprint density at radius 1 is 0.593 bits per heavy atom. The number of phosphoric ester groups is 1. The third-order valence-electron chi connectivity index (χ3n) is 9.25. The highest BCUT2D eigenvalue weighted by molar-refractivity contribution is 7.47. The highest BCUT2D eigenvalue weighted by atomic mass is 31.2. The largest absolute Gasteiger partial charge is 0.472 e. The Morgan fingerprint density at radius 2 is 1.06 bits per heavy atom. The molecule has 0 heterocycles. The third-order valence-corrected chi connectivity index (χ3v) is 10.2. The summed E-state index contributed by atoms with van der Waals surface area (Å²) >= 11 is 0. The molecule has 0 aromatic rings. The van der Waals surface area contributed by atoms with Gasteiger partial charge in [0, 0.05) is 12.8 Å². The molecule has 1 aliphatic carbocycles. The average molecular weight is 791 g/mol. The van der Waals surface area contributed by atoms with Crippen LogP contribution in [0.5, 0.6) is 0 Å². The Kier molecular flexibility index (Phi) is 28.9. The van der Waals surface area contributed by atoms with E-state index in [0.717, 1.165) is 83.5 Å². The van der Waals surface area contributed by atoms with E-state index >= 15 is 0 Å². The van der Waals surface area contributed by atoms with Gasteiger partial charge in [-0.05, 0) is 44.9 Å². The van der Waals surface area contributed by atoms with Gasteiger partial charge in [-0.15, -0.1) is 0 Å². The van der Waals surface area contributed by atoms with Crippen LogP contribution in [-0.4, -0.2) is 98.3 Å². The second-order valence-corrected chi connectivity index (χ2v) is 15.5. The summed E-state index contributed by atoms with van der Waals surface area (Å²) in [5.41, 5.74) is 0. The maximum atomic E-state index is 12.7. The molecule has 0 bridgehead atoms. The van der Waals surface area contributed by atoms with Crippen molar-refractivity contribution in [3.63, 3.8) is 0 Å². The molecule has 0 amide bonds. The van der Waals surface area contributed by atoms with Crippen LogP contribution >= 0.6 is 7.82 Å². The van der Waals surface area contributed by atoms with Crippen molar-refractivity contribution in [3.8, 4) is 0 Å². The predicted octanol–water partition coefficient (Wildman–Crippen LogP) is 6.66. The fourth-order valence-electron chi connectivity index (χ4n) is 5.95. The number of unbranched alkanes of at least 4 members (excludes halogenated alkanes) is 14. The van der Waals surface area contributed by atoms with Gasteiger partial charge in [-0.3, -0.25) is 18.6 Å². The van der Waals surface area contributed by atoms with Gasteiger partial charge in [0.05, 0.1) is 6.61 Å². The Hall–Kier alpha value is -1.93. The van der Waals surface area contributed by atoms with Crippen LogP contribution in [-0.2, 0) is 32.7 Å². The van der Waals surface area contributed by atoms with Gasteiger partial charge in [0.25, 0.3) is 0 Å². The number of aliphatic hydroxyl groups is 5. The van der Waals surface area contributed by atoms with Crippen LogP contribution in [0.4, 0.5) is 0 Å². The van der Waals surface area contributed by atoms with Crippen LogP contribution in [0, 0.1) is 0 Å². The van der Waals surface area contributed by atoms with Crippen LogP contribution in [0.1, 0.15) is 149 Å². The summed E-state index contributed by atoms with van der Waals surface area (Å²) in [6, 6.07) is 0. The zero-order valence-corrected chi connectivity index (χ0v) is 33.7. The topological polar surface area (TPSA) is 210 Å². The lowest BCUT2D eigenvalue weighted by Gasteiger charge is -2.41. The van der Waals surface area contributed by atoms with Gasteiger partial charge < -0.3 is 39.9 Å². The lowest BCUT2D eigenvalue weighted by molar-refractivity contribution is -0.220. The molecule has 0 aliphatic heterocycles. The lowest BCUT2D eigenvalue weighted by Crippen LogP contribution is -2.64. The summed E-state index contributed by atoms with van der Waals surface area (Å²) in [6.07, 6.45) is 19.5. The third kappa shape index (κ3) is 23.9.